The Balaban J connectivity index is 1.65. The van der Waals surface area contributed by atoms with Crippen molar-refractivity contribution < 1.29 is 18.8 Å². The number of hydrogen-bond acceptors (Lipinski definition) is 8. The molecule has 0 amide bonds. The number of aromatic nitrogens is 2. The van der Waals surface area contributed by atoms with E-state index < -0.39 is 13.1 Å². The average Bonchev–Trinajstić information content (AvgIpc) is 2.86. The first kappa shape index (κ1) is 24.7. The predicted molar refractivity (Wildman–Crippen MR) is 138 cm³/mol. The van der Waals surface area contributed by atoms with Gasteiger partial charge in [0.15, 0.2) is 0 Å². The molecule has 0 radical (unpaired) electrons. The highest BCUT2D eigenvalue weighted by molar-refractivity contribution is 6.63. The summed E-state index contributed by atoms with van der Waals surface area (Å²) in [5.41, 5.74) is 4.47. The first-order valence-corrected chi connectivity index (χ1v) is 11.7. The molecule has 2 aromatic carbocycles. The number of carbonyl (C=O) groups excluding carboxylic acids is 1. The molecule has 0 unspecified atom stereocenters. The second kappa shape index (κ2) is 10.5. The molecule has 1 aliphatic rings. The molecule has 1 aromatic heterocycles. The fourth-order valence-electron chi connectivity index (χ4n) is 3.91. The average molecular weight is 474 g/mol. The van der Waals surface area contributed by atoms with Gasteiger partial charge in [-0.2, -0.15) is 4.98 Å². The van der Waals surface area contributed by atoms with Crippen LogP contribution in [0.1, 0.15) is 42.3 Å². The number of rotatable bonds is 7. The van der Waals surface area contributed by atoms with Crippen molar-refractivity contribution >= 4 is 41.7 Å². The van der Waals surface area contributed by atoms with Gasteiger partial charge >= 0.3 is 13.1 Å². The summed E-state index contributed by atoms with van der Waals surface area (Å²) in [5.74, 6) is 0.652. The standard InChI is InChI=1S/C26H31BN4O4/c1-6-18-12-20(13-21(24(32)33-5)22(18)27-34-15-26(3,4)16-35-27)30-25-28-14-17(2)23(31-25)29-19-10-8-7-9-11-19/h7-14H,6,15-16H2,1-5H3,(H2,28,29,30,31). The van der Waals surface area contributed by atoms with Gasteiger partial charge in [-0.1, -0.05) is 39.0 Å². The molecule has 2 N–H and O–H groups in total. The molecule has 9 heteroatoms. The third-order valence-corrected chi connectivity index (χ3v) is 5.80. The molecular weight excluding hydrogens is 443 g/mol. The normalized spacial score (nSPS) is 14.9. The number of ether oxygens (including phenoxy) is 1. The highest BCUT2D eigenvalue weighted by Crippen LogP contribution is 2.26. The number of para-hydroxylation sites is 1. The van der Waals surface area contributed by atoms with Gasteiger partial charge in [-0.15, -0.1) is 0 Å². The number of nitrogens with one attached hydrogen (secondary N) is 2. The predicted octanol–water partition coefficient (Wildman–Crippen LogP) is 4.39. The van der Waals surface area contributed by atoms with Gasteiger partial charge in [0.25, 0.3) is 0 Å². The van der Waals surface area contributed by atoms with Crippen LogP contribution >= 0.6 is 0 Å². The Morgan fingerprint density at radius 2 is 1.83 bits per heavy atom. The molecule has 2 heterocycles. The maximum Gasteiger partial charge on any atom is 0.495 e. The van der Waals surface area contributed by atoms with Gasteiger partial charge < -0.3 is 24.7 Å². The van der Waals surface area contributed by atoms with Crippen molar-refractivity contribution in [1.82, 2.24) is 9.97 Å². The molecule has 0 bridgehead atoms. The van der Waals surface area contributed by atoms with E-state index in [4.69, 9.17) is 14.0 Å². The first-order chi connectivity index (χ1) is 16.8. The number of anilines is 4. The monoisotopic (exact) mass is 474 g/mol. The number of esters is 1. The summed E-state index contributed by atoms with van der Waals surface area (Å²) in [7, 11) is 0.743. The minimum absolute atomic E-state index is 0.0793. The molecule has 0 aliphatic carbocycles. The van der Waals surface area contributed by atoms with E-state index in [1.807, 2.05) is 50.2 Å². The van der Waals surface area contributed by atoms with E-state index >= 15 is 0 Å². The van der Waals surface area contributed by atoms with Crippen molar-refractivity contribution in [3.8, 4) is 0 Å². The minimum Gasteiger partial charge on any atom is -0.465 e. The van der Waals surface area contributed by atoms with E-state index in [0.717, 1.165) is 16.8 Å². The second-order valence-electron chi connectivity index (χ2n) is 9.40. The van der Waals surface area contributed by atoms with Crippen molar-refractivity contribution in [3.05, 3.63) is 65.4 Å². The summed E-state index contributed by atoms with van der Waals surface area (Å²) in [6, 6.07) is 13.5. The van der Waals surface area contributed by atoms with Crippen LogP contribution < -0.4 is 16.1 Å². The second-order valence-corrected chi connectivity index (χ2v) is 9.40. The molecule has 8 nitrogen and oxygen atoms in total. The number of nitrogens with zero attached hydrogens (tertiary/aromatic N) is 2. The largest absolute Gasteiger partial charge is 0.495 e. The molecule has 182 valence electrons. The van der Waals surface area contributed by atoms with Crippen LogP contribution in [0.3, 0.4) is 0 Å². The molecule has 4 rings (SSSR count). The van der Waals surface area contributed by atoms with Crippen LogP contribution in [-0.4, -0.2) is 43.4 Å². The Hall–Kier alpha value is -3.43. The molecule has 35 heavy (non-hydrogen) atoms. The van der Waals surface area contributed by atoms with Crippen molar-refractivity contribution in [1.29, 1.82) is 0 Å². The zero-order chi connectivity index (χ0) is 25.0. The summed E-state index contributed by atoms with van der Waals surface area (Å²) in [6.45, 7) is 9.22. The molecule has 0 spiro atoms. The number of carbonyl (C=O) groups is 1. The van der Waals surface area contributed by atoms with Crippen LogP contribution in [-0.2, 0) is 20.5 Å². The Morgan fingerprint density at radius 3 is 2.49 bits per heavy atom. The van der Waals surface area contributed by atoms with Crippen molar-refractivity contribution in [2.75, 3.05) is 31.0 Å². The zero-order valence-electron chi connectivity index (χ0n) is 20.8. The fourth-order valence-corrected chi connectivity index (χ4v) is 3.91. The van der Waals surface area contributed by atoms with Gasteiger partial charge in [0, 0.05) is 47.2 Å². The molecule has 3 aromatic rings. The van der Waals surface area contributed by atoms with E-state index in [1.54, 1.807) is 12.3 Å². The van der Waals surface area contributed by atoms with Gasteiger partial charge in [-0.05, 0) is 43.2 Å². The smallest absolute Gasteiger partial charge is 0.465 e. The number of methoxy groups -OCH3 is 1. The van der Waals surface area contributed by atoms with Crippen LogP contribution in [0.4, 0.5) is 23.1 Å². The number of benzene rings is 2. The van der Waals surface area contributed by atoms with E-state index in [-0.39, 0.29) is 5.41 Å². The lowest BCUT2D eigenvalue weighted by molar-refractivity contribution is 0.0339. The van der Waals surface area contributed by atoms with Gasteiger partial charge in [0.05, 0.1) is 12.7 Å². The number of aryl methyl sites for hydroxylation is 2. The lowest BCUT2D eigenvalue weighted by Gasteiger charge is -2.34. The molecule has 0 atom stereocenters. The molecule has 1 fully saturated rings. The molecule has 1 aliphatic heterocycles. The summed E-state index contributed by atoms with van der Waals surface area (Å²) >= 11 is 0. The minimum atomic E-state index is -0.626. The third kappa shape index (κ3) is 5.81. The Kier molecular flexibility index (Phi) is 7.38. The van der Waals surface area contributed by atoms with E-state index in [2.05, 4.69) is 34.4 Å². The summed E-state index contributed by atoms with van der Waals surface area (Å²) in [4.78, 5) is 21.8. The van der Waals surface area contributed by atoms with Gasteiger partial charge in [0.2, 0.25) is 5.95 Å². The van der Waals surface area contributed by atoms with Crippen LogP contribution in [0.2, 0.25) is 0 Å². The molecule has 1 saturated heterocycles. The lowest BCUT2D eigenvalue weighted by Crippen LogP contribution is -2.50. The SMILES string of the molecule is CCc1cc(Nc2ncc(C)c(Nc3ccccc3)n2)cc(C(=O)OC)c1B1OCC(C)(C)CO1. The van der Waals surface area contributed by atoms with Gasteiger partial charge in [0.1, 0.15) is 5.82 Å². The van der Waals surface area contributed by atoms with Crippen molar-refractivity contribution in [2.45, 2.75) is 34.1 Å². The van der Waals surface area contributed by atoms with Crippen LogP contribution in [0.25, 0.3) is 0 Å². The Morgan fingerprint density at radius 1 is 1.11 bits per heavy atom. The lowest BCUT2D eigenvalue weighted by atomic mass is 9.70. The zero-order valence-corrected chi connectivity index (χ0v) is 20.8. The van der Waals surface area contributed by atoms with Gasteiger partial charge in [-0.3, -0.25) is 0 Å². The van der Waals surface area contributed by atoms with Crippen molar-refractivity contribution in [2.24, 2.45) is 5.41 Å². The van der Waals surface area contributed by atoms with E-state index in [1.165, 1.54) is 7.11 Å². The van der Waals surface area contributed by atoms with Crippen LogP contribution in [0.5, 0.6) is 0 Å². The summed E-state index contributed by atoms with van der Waals surface area (Å²) in [5, 5.41) is 6.56. The third-order valence-electron chi connectivity index (χ3n) is 5.80. The van der Waals surface area contributed by atoms with E-state index in [9.17, 15) is 4.79 Å². The van der Waals surface area contributed by atoms with E-state index in [0.29, 0.717) is 48.1 Å². The molecular formula is C26H31BN4O4. The fraction of sp³-hybridized carbons (Fsp3) is 0.346. The maximum atomic E-state index is 12.8. The number of hydrogen-bond donors (Lipinski definition) is 2. The first-order valence-electron chi connectivity index (χ1n) is 11.7. The highest BCUT2D eigenvalue weighted by atomic mass is 16.6. The highest BCUT2D eigenvalue weighted by Gasteiger charge is 2.37. The Labute approximate surface area is 206 Å². The van der Waals surface area contributed by atoms with Crippen LogP contribution in [0.15, 0.2) is 48.7 Å². The maximum absolute atomic E-state index is 12.8. The molecule has 0 saturated carbocycles. The van der Waals surface area contributed by atoms with Gasteiger partial charge in [-0.25, -0.2) is 9.78 Å². The topological polar surface area (TPSA) is 94.6 Å². The quantitative estimate of drug-likeness (QED) is 0.385. The summed E-state index contributed by atoms with van der Waals surface area (Å²) < 4.78 is 17.1. The van der Waals surface area contributed by atoms with Crippen molar-refractivity contribution in [3.63, 3.8) is 0 Å². The summed E-state index contributed by atoms with van der Waals surface area (Å²) in [6.07, 6.45) is 2.43. The van der Waals surface area contributed by atoms with Crippen LogP contribution in [0, 0.1) is 12.3 Å². The Bertz CT molecular complexity index is 1190.